The number of pyridine rings is 1. The Balaban J connectivity index is 1.22. The molecule has 300 valence electrons. The Morgan fingerprint density at radius 3 is 1.83 bits per heavy atom. The van der Waals surface area contributed by atoms with Crippen LogP contribution in [-0.2, 0) is 20.7 Å². The molecule has 0 unspecified atom stereocenters. The predicted molar refractivity (Wildman–Crippen MR) is 248 cm³/mol. The number of rotatable bonds is 6. The molecule has 0 saturated carbocycles. The summed E-state index contributed by atoms with van der Waals surface area (Å²) < 4.78 is 34.5. The quantitative estimate of drug-likeness (QED) is 0.124. The third kappa shape index (κ3) is 5.67. The van der Waals surface area contributed by atoms with Crippen molar-refractivity contribution in [3.63, 3.8) is 0 Å². The lowest BCUT2D eigenvalue weighted by Crippen LogP contribution is -2.67. The van der Waals surface area contributed by atoms with Gasteiger partial charge in [0.05, 0.1) is 27.5 Å². The topological polar surface area (TPSA) is 52.0 Å². The van der Waals surface area contributed by atoms with Crippen LogP contribution in [0.15, 0.2) is 156 Å². The van der Waals surface area contributed by atoms with Gasteiger partial charge in [0, 0.05) is 41.2 Å². The van der Waals surface area contributed by atoms with E-state index >= 15 is 8.42 Å². The fraction of sp³-hybridized carbons (Fsp3) is 0.208. The zero-order valence-electron chi connectivity index (χ0n) is 35.7. The average Bonchev–Trinajstić information content (AvgIpc) is 3.80. The van der Waals surface area contributed by atoms with E-state index in [0.717, 1.165) is 62.2 Å². The Kier molecular flexibility index (Phi) is 8.35. The largest absolute Gasteiger partial charge is 0.294 e. The number of para-hydroxylation sites is 2. The van der Waals surface area contributed by atoms with Crippen molar-refractivity contribution in [2.24, 2.45) is 0 Å². The standard InChI is InChI=1S/C53H51N4O2S/c1-35-25-48-49(26-36(35)2)57(33-56(48,34-57)40-19-13-10-14-20-40)41-27-39(53(6,7)8)28-42(30-41)60(58,59)43-31-45(37-17-11-9-12-18-37)51-44-21-15-16-22-46(44)55(47(51)32-43)50-29-38(23-24-54-50)52(3,4)5/h9-33H,34H2,1-8H3/q+1/t56-,57+/m0/s1. The van der Waals surface area contributed by atoms with Gasteiger partial charge in [-0.3, -0.25) is 13.5 Å². The van der Waals surface area contributed by atoms with Crippen LogP contribution in [0, 0.1) is 20.5 Å². The Morgan fingerprint density at radius 2 is 1.18 bits per heavy atom. The van der Waals surface area contributed by atoms with Crippen LogP contribution in [0.3, 0.4) is 0 Å². The van der Waals surface area contributed by atoms with Crippen molar-refractivity contribution in [3.05, 3.63) is 175 Å². The number of hydrogen-bond donors (Lipinski definition) is 0. The fourth-order valence-corrected chi connectivity index (χ4v) is 10.9. The summed E-state index contributed by atoms with van der Waals surface area (Å²) in [4.78, 5) is 5.46. The second-order valence-corrected chi connectivity index (χ2v) is 20.9. The molecule has 2 atom stereocenters. The first-order valence-corrected chi connectivity index (χ1v) is 22.3. The molecule has 7 heteroatoms. The van der Waals surface area contributed by atoms with Gasteiger partial charge in [0.1, 0.15) is 17.2 Å². The molecule has 6 nitrogen and oxygen atoms in total. The first-order valence-electron chi connectivity index (χ1n) is 20.8. The molecule has 1 fully saturated rings. The number of fused-ring (bicyclic) bond motifs is 3. The molecule has 0 N–H and O–H groups in total. The highest BCUT2D eigenvalue weighted by Crippen LogP contribution is 2.65. The summed E-state index contributed by atoms with van der Waals surface area (Å²) in [6.07, 6.45) is 1.86. The second kappa shape index (κ2) is 13.1. The highest BCUT2D eigenvalue weighted by Gasteiger charge is 2.63. The smallest absolute Gasteiger partial charge is 0.206 e. The number of quaternary nitrogens is 2. The molecule has 2 aromatic heterocycles. The molecule has 11 rings (SSSR count). The molecule has 0 amide bonds. The minimum absolute atomic E-state index is 0.108. The van der Waals surface area contributed by atoms with Crippen LogP contribution in [0.1, 0.15) is 63.8 Å². The van der Waals surface area contributed by atoms with Crippen molar-refractivity contribution >= 4 is 54.4 Å². The first-order chi connectivity index (χ1) is 28.5. The summed E-state index contributed by atoms with van der Waals surface area (Å²) in [5.74, 6) is 0.751. The van der Waals surface area contributed by atoms with E-state index in [-0.39, 0.29) is 15.7 Å². The van der Waals surface area contributed by atoms with Crippen LogP contribution in [0.2, 0.25) is 0 Å². The SMILES string of the molecule is Cc1cc2c(cc1C)[N@+]1(c3cc(C(C)(C)C)cc(S(=O)(=O)c4cc(-c5ccccc5)c5c6ccccc6n(-c6cc(C(C)(C)C)ccn6)c5c4)c3)[CH-][N@@+]2(c2ccccc2)C1. The minimum Gasteiger partial charge on any atom is -0.294 e. The Labute approximate surface area is 354 Å². The van der Waals surface area contributed by atoms with Crippen molar-refractivity contribution in [3.8, 4) is 16.9 Å². The van der Waals surface area contributed by atoms with Crippen LogP contribution in [0.25, 0.3) is 38.8 Å². The van der Waals surface area contributed by atoms with Crippen LogP contribution >= 0.6 is 0 Å². The van der Waals surface area contributed by atoms with E-state index in [9.17, 15) is 0 Å². The van der Waals surface area contributed by atoms with Crippen molar-refractivity contribution in [1.29, 1.82) is 0 Å². The molecule has 5 heterocycles. The summed E-state index contributed by atoms with van der Waals surface area (Å²) >= 11 is 0. The maximum atomic E-state index is 15.7. The van der Waals surface area contributed by atoms with E-state index in [0.29, 0.717) is 13.9 Å². The number of aryl methyl sites for hydroxylation is 2. The summed E-state index contributed by atoms with van der Waals surface area (Å²) in [5.41, 5.74) is 12.3. The second-order valence-electron chi connectivity index (χ2n) is 19.0. The highest BCUT2D eigenvalue weighted by molar-refractivity contribution is 7.91. The van der Waals surface area contributed by atoms with Gasteiger partial charge >= 0.3 is 0 Å². The molecule has 8 aromatic rings. The molecule has 3 aliphatic heterocycles. The maximum Gasteiger partial charge on any atom is 0.206 e. The number of hydrogen-bond acceptors (Lipinski definition) is 3. The number of benzene rings is 6. The van der Waals surface area contributed by atoms with Gasteiger partial charge in [-0.1, -0.05) is 108 Å². The minimum atomic E-state index is -4.10. The summed E-state index contributed by atoms with van der Waals surface area (Å²) in [6, 6.07) is 47.8. The normalized spacial score (nSPS) is 18.8. The fourth-order valence-electron chi connectivity index (χ4n) is 9.50. The highest BCUT2D eigenvalue weighted by atomic mass is 32.2. The third-order valence-electron chi connectivity index (χ3n) is 13.0. The summed E-state index contributed by atoms with van der Waals surface area (Å²) in [6.45, 7) is 20.5. The lowest BCUT2D eigenvalue weighted by Gasteiger charge is -2.56. The molecule has 3 aliphatic rings. The lowest BCUT2D eigenvalue weighted by atomic mass is 9.86. The summed E-state index contributed by atoms with van der Waals surface area (Å²) in [7, 11) is -4.10. The van der Waals surface area contributed by atoms with E-state index in [4.69, 9.17) is 4.98 Å². The van der Waals surface area contributed by atoms with Gasteiger partial charge in [-0.25, -0.2) is 13.4 Å². The van der Waals surface area contributed by atoms with Crippen LogP contribution in [-0.4, -0.2) is 24.6 Å². The molecule has 0 radical (unpaired) electrons. The van der Waals surface area contributed by atoms with Crippen molar-refractivity contribution in [2.45, 2.75) is 76.0 Å². The van der Waals surface area contributed by atoms with Crippen molar-refractivity contribution < 1.29 is 8.42 Å². The lowest BCUT2D eigenvalue weighted by molar-refractivity contribution is 0.186. The van der Waals surface area contributed by atoms with Gasteiger partial charge in [-0.2, -0.15) is 0 Å². The number of sulfone groups is 1. The Morgan fingerprint density at radius 1 is 0.600 bits per heavy atom. The monoisotopic (exact) mass is 807 g/mol. The maximum absolute atomic E-state index is 15.7. The molecule has 6 aromatic carbocycles. The first kappa shape index (κ1) is 38.3. The number of nitrogens with zero attached hydrogens (tertiary/aromatic N) is 4. The molecule has 1 saturated heterocycles. The van der Waals surface area contributed by atoms with E-state index in [1.54, 1.807) is 0 Å². The zero-order chi connectivity index (χ0) is 42.0. The van der Waals surface area contributed by atoms with E-state index < -0.39 is 9.84 Å². The van der Waals surface area contributed by atoms with Gasteiger partial charge in [0.2, 0.25) is 9.84 Å². The molecule has 0 spiro atoms. The van der Waals surface area contributed by atoms with Gasteiger partial charge in [0.15, 0.2) is 18.0 Å². The van der Waals surface area contributed by atoms with Gasteiger partial charge in [0.25, 0.3) is 0 Å². The van der Waals surface area contributed by atoms with Crippen molar-refractivity contribution in [1.82, 2.24) is 18.5 Å². The van der Waals surface area contributed by atoms with Crippen LogP contribution in [0.5, 0.6) is 0 Å². The molecular formula is C53H51N4O2S+. The van der Waals surface area contributed by atoms with Gasteiger partial charge in [-0.15, -0.1) is 0 Å². The third-order valence-corrected chi connectivity index (χ3v) is 14.7. The molecular weight excluding hydrogens is 757 g/mol. The molecule has 2 bridgehead atoms. The Hall–Kier alpha value is -5.86. The number of aromatic nitrogens is 2. The van der Waals surface area contributed by atoms with Gasteiger partial charge < -0.3 is 0 Å². The van der Waals surface area contributed by atoms with E-state index in [1.807, 2.05) is 60.8 Å². The van der Waals surface area contributed by atoms with Crippen molar-refractivity contribution in [2.75, 3.05) is 6.67 Å². The average molecular weight is 808 g/mol. The predicted octanol–water partition coefficient (Wildman–Crippen LogP) is 13.3. The zero-order valence-corrected chi connectivity index (χ0v) is 36.5. The molecule has 0 aliphatic carbocycles. The van der Waals surface area contributed by atoms with Crippen LogP contribution in [0.4, 0.5) is 22.7 Å². The van der Waals surface area contributed by atoms with Gasteiger partial charge in [-0.05, 0) is 107 Å². The summed E-state index contributed by atoms with van der Waals surface area (Å²) in [5, 5.41) is 2.03. The van der Waals surface area contributed by atoms with E-state index in [1.165, 1.54) is 28.2 Å². The van der Waals surface area contributed by atoms with E-state index in [2.05, 4.69) is 152 Å². The Bertz CT molecular complexity index is 3150. The molecule has 60 heavy (non-hydrogen) atoms. The van der Waals surface area contributed by atoms with Crippen LogP contribution < -0.4 is 8.97 Å².